The van der Waals surface area contributed by atoms with Crippen LogP contribution in [0, 0.1) is 5.82 Å². The number of allylic oxidation sites excluding steroid dienone is 5. The number of benzene rings is 1. The van der Waals surface area contributed by atoms with E-state index in [1.165, 1.54) is 11.6 Å². The van der Waals surface area contributed by atoms with Gasteiger partial charge in [-0.15, -0.1) is 0 Å². The first-order valence-electron chi connectivity index (χ1n) is 5.67. The lowest BCUT2D eigenvalue weighted by molar-refractivity contribution is 0.558. The van der Waals surface area contributed by atoms with Crippen LogP contribution in [-0.2, 0) is 0 Å². The van der Waals surface area contributed by atoms with E-state index in [1.54, 1.807) is 6.07 Å². The van der Waals surface area contributed by atoms with E-state index >= 15 is 0 Å². The van der Waals surface area contributed by atoms with E-state index in [-0.39, 0.29) is 5.82 Å². The fourth-order valence-corrected chi connectivity index (χ4v) is 1.88. The van der Waals surface area contributed by atoms with Crippen molar-refractivity contribution < 1.29 is 4.39 Å². The van der Waals surface area contributed by atoms with Crippen molar-refractivity contribution in [3.63, 3.8) is 0 Å². The zero-order valence-corrected chi connectivity index (χ0v) is 10.2. The van der Waals surface area contributed by atoms with Crippen LogP contribution in [0.15, 0.2) is 54.3 Å². The zero-order chi connectivity index (χ0) is 12.3. The van der Waals surface area contributed by atoms with Gasteiger partial charge in [-0.3, -0.25) is 0 Å². The van der Waals surface area contributed by atoms with E-state index < -0.39 is 0 Å². The van der Waals surface area contributed by atoms with Crippen molar-refractivity contribution in [3.8, 4) is 0 Å². The van der Waals surface area contributed by atoms with Crippen LogP contribution in [0.1, 0.15) is 12.0 Å². The molecule has 0 unspecified atom stereocenters. The van der Waals surface area contributed by atoms with Crippen LogP contribution in [0.25, 0.3) is 5.57 Å². The Morgan fingerprint density at radius 3 is 2.53 bits per heavy atom. The van der Waals surface area contributed by atoms with Gasteiger partial charge in [-0.2, -0.15) is 0 Å². The molecule has 0 spiro atoms. The molecule has 0 atom stereocenters. The van der Waals surface area contributed by atoms with Crippen molar-refractivity contribution in [3.05, 3.63) is 65.6 Å². The molecule has 0 bridgehead atoms. The van der Waals surface area contributed by atoms with Crippen molar-refractivity contribution in [1.82, 2.24) is 4.90 Å². The first kappa shape index (κ1) is 11.6. The third kappa shape index (κ3) is 2.84. The van der Waals surface area contributed by atoms with Crippen LogP contribution in [0.2, 0.25) is 0 Å². The summed E-state index contributed by atoms with van der Waals surface area (Å²) >= 11 is 0. The fraction of sp³-hybridized carbons (Fsp3) is 0.200. The van der Waals surface area contributed by atoms with E-state index in [1.807, 2.05) is 43.3 Å². The van der Waals surface area contributed by atoms with Crippen LogP contribution in [0.3, 0.4) is 0 Å². The average molecular weight is 229 g/mol. The quantitative estimate of drug-likeness (QED) is 0.748. The predicted molar refractivity (Wildman–Crippen MR) is 69.9 cm³/mol. The monoisotopic (exact) mass is 229 g/mol. The summed E-state index contributed by atoms with van der Waals surface area (Å²) < 4.78 is 13.6. The van der Waals surface area contributed by atoms with Gasteiger partial charge >= 0.3 is 0 Å². The maximum Gasteiger partial charge on any atom is 0.131 e. The molecule has 17 heavy (non-hydrogen) atoms. The first-order chi connectivity index (χ1) is 8.16. The smallest absolute Gasteiger partial charge is 0.131 e. The second kappa shape index (κ2) is 5.00. The van der Waals surface area contributed by atoms with Crippen LogP contribution in [-0.4, -0.2) is 19.0 Å². The molecule has 1 aromatic carbocycles. The highest BCUT2D eigenvalue weighted by Crippen LogP contribution is 2.25. The summed E-state index contributed by atoms with van der Waals surface area (Å²) in [6, 6.07) is 6.88. The van der Waals surface area contributed by atoms with E-state index in [2.05, 4.69) is 12.3 Å². The molecule has 1 nitrogen and oxygen atoms in total. The molecule has 0 amide bonds. The van der Waals surface area contributed by atoms with Gasteiger partial charge in [0.2, 0.25) is 0 Å². The van der Waals surface area contributed by atoms with Crippen LogP contribution >= 0.6 is 0 Å². The van der Waals surface area contributed by atoms with Crippen molar-refractivity contribution in [1.29, 1.82) is 0 Å². The maximum atomic E-state index is 13.6. The van der Waals surface area contributed by atoms with Gasteiger partial charge in [0, 0.05) is 25.9 Å². The zero-order valence-electron chi connectivity index (χ0n) is 10.2. The summed E-state index contributed by atoms with van der Waals surface area (Å²) in [5, 5.41) is 0. The summed E-state index contributed by atoms with van der Waals surface area (Å²) in [5.74, 6) is -0.163. The summed E-state index contributed by atoms with van der Waals surface area (Å²) in [7, 11) is 3.99. The molecule has 1 aromatic rings. The molecule has 0 aliphatic heterocycles. The highest BCUT2D eigenvalue weighted by Gasteiger charge is 2.07. The number of hydrogen-bond acceptors (Lipinski definition) is 1. The lowest BCUT2D eigenvalue weighted by Crippen LogP contribution is -2.03. The molecule has 0 saturated heterocycles. The molecule has 0 heterocycles. The normalized spacial score (nSPS) is 17.1. The molecule has 0 N–H and O–H groups in total. The van der Waals surface area contributed by atoms with Crippen molar-refractivity contribution in [2.45, 2.75) is 6.42 Å². The number of halogens is 1. The molecule has 0 fully saturated rings. The van der Waals surface area contributed by atoms with E-state index in [0.29, 0.717) is 5.56 Å². The summed E-state index contributed by atoms with van der Waals surface area (Å²) in [6.45, 7) is 0. The highest BCUT2D eigenvalue weighted by atomic mass is 19.1. The van der Waals surface area contributed by atoms with Gasteiger partial charge < -0.3 is 4.90 Å². The third-order valence-corrected chi connectivity index (χ3v) is 2.64. The Balaban J connectivity index is 2.21. The van der Waals surface area contributed by atoms with Gasteiger partial charge in [0.1, 0.15) is 5.82 Å². The van der Waals surface area contributed by atoms with Crippen LogP contribution < -0.4 is 0 Å². The van der Waals surface area contributed by atoms with Crippen LogP contribution in [0.5, 0.6) is 0 Å². The van der Waals surface area contributed by atoms with Crippen molar-refractivity contribution in [2.75, 3.05) is 14.1 Å². The number of hydrogen-bond donors (Lipinski definition) is 0. The van der Waals surface area contributed by atoms with Gasteiger partial charge in [-0.1, -0.05) is 36.4 Å². The predicted octanol–water partition coefficient (Wildman–Crippen LogP) is 3.61. The molecule has 2 heteroatoms. The molecular formula is C15H16FN. The largest absolute Gasteiger partial charge is 0.383 e. The summed E-state index contributed by atoms with van der Waals surface area (Å²) in [5.41, 5.74) is 2.86. The fourth-order valence-electron chi connectivity index (χ4n) is 1.88. The molecule has 0 aromatic heterocycles. The van der Waals surface area contributed by atoms with Gasteiger partial charge in [0.15, 0.2) is 0 Å². The maximum absolute atomic E-state index is 13.6. The summed E-state index contributed by atoms with van der Waals surface area (Å²) in [4.78, 5) is 2.02. The van der Waals surface area contributed by atoms with Crippen molar-refractivity contribution in [2.24, 2.45) is 0 Å². The Bertz CT molecular complexity index is 495. The van der Waals surface area contributed by atoms with Crippen LogP contribution in [0.4, 0.5) is 4.39 Å². The van der Waals surface area contributed by atoms with E-state index in [0.717, 1.165) is 12.0 Å². The average Bonchev–Trinajstić information content (AvgIpc) is 2.30. The lowest BCUT2D eigenvalue weighted by Gasteiger charge is -2.13. The Hall–Kier alpha value is -1.83. The molecule has 0 saturated carbocycles. The number of rotatable bonds is 2. The van der Waals surface area contributed by atoms with Gasteiger partial charge in [0.05, 0.1) is 0 Å². The molecular weight excluding hydrogens is 213 g/mol. The van der Waals surface area contributed by atoms with Gasteiger partial charge in [-0.25, -0.2) is 4.39 Å². The third-order valence-electron chi connectivity index (χ3n) is 2.64. The minimum absolute atomic E-state index is 0.163. The second-order valence-electron chi connectivity index (χ2n) is 4.34. The minimum Gasteiger partial charge on any atom is -0.383 e. The van der Waals surface area contributed by atoms with Gasteiger partial charge in [0.25, 0.3) is 0 Å². The molecule has 0 radical (unpaired) electrons. The topological polar surface area (TPSA) is 3.24 Å². The Kier molecular flexibility index (Phi) is 3.43. The molecule has 1 aliphatic rings. The second-order valence-corrected chi connectivity index (χ2v) is 4.34. The lowest BCUT2D eigenvalue weighted by atomic mass is 9.97. The first-order valence-corrected chi connectivity index (χ1v) is 5.67. The molecule has 88 valence electrons. The molecule has 2 rings (SSSR count). The van der Waals surface area contributed by atoms with Crippen molar-refractivity contribution >= 4 is 5.57 Å². The highest BCUT2D eigenvalue weighted by molar-refractivity contribution is 5.76. The Morgan fingerprint density at radius 1 is 1.18 bits per heavy atom. The van der Waals surface area contributed by atoms with Gasteiger partial charge in [-0.05, 0) is 23.6 Å². The Morgan fingerprint density at radius 2 is 1.94 bits per heavy atom. The van der Waals surface area contributed by atoms with E-state index in [4.69, 9.17) is 0 Å². The standard InChI is InChI=1S/C15H16FN/c1-17(2)11-12-7-9-13(10-8-12)14-5-3-4-6-15(14)16/h3-7,9-11H,8H2,1-2H3. The molecule has 1 aliphatic carbocycles. The SMILES string of the molecule is CN(C)C=C1C=CC(c2ccccc2F)=CC1. The summed E-state index contributed by atoms with van der Waals surface area (Å²) in [6.07, 6.45) is 9.00. The number of nitrogens with zero attached hydrogens (tertiary/aromatic N) is 1. The Labute approximate surface area is 102 Å². The minimum atomic E-state index is -0.163. The van der Waals surface area contributed by atoms with E-state index in [9.17, 15) is 4.39 Å².